The Kier molecular flexibility index (Phi) is 11.6. The minimum atomic E-state index is -0.944. The first kappa shape index (κ1) is 24.9. The van der Waals surface area contributed by atoms with Gasteiger partial charge < -0.3 is 24.8 Å². The van der Waals surface area contributed by atoms with Crippen LogP contribution in [-0.4, -0.2) is 56.2 Å². The van der Waals surface area contributed by atoms with Gasteiger partial charge in [-0.05, 0) is 51.0 Å². The van der Waals surface area contributed by atoms with Crippen molar-refractivity contribution in [3.63, 3.8) is 0 Å². The van der Waals surface area contributed by atoms with Crippen molar-refractivity contribution in [3.05, 3.63) is 29.8 Å². The molecule has 2 N–H and O–H groups in total. The maximum Gasteiger partial charge on any atom is 0.328 e. The molecule has 0 aromatic heterocycles. The maximum absolute atomic E-state index is 12.5. The van der Waals surface area contributed by atoms with E-state index in [1.54, 1.807) is 38.1 Å². The largest absolute Gasteiger partial charge is 0.466 e. The number of anilines is 1. The molecule has 0 fully saturated rings. The summed E-state index contributed by atoms with van der Waals surface area (Å²) < 4.78 is 14.7. The Morgan fingerprint density at radius 2 is 1.63 bits per heavy atom. The van der Waals surface area contributed by atoms with Crippen molar-refractivity contribution in [2.24, 2.45) is 0 Å². The first-order chi connectivity index (χ1) is 14.4. The lowest BCUT2D eigenvalue weighted by Crippen LogP contribution is -2.42. The quantitative estimate of drug-likeness (QED) is 0.282. The van der Waals surface area contributed by atoms with Crippen molar-refractivity contribution in [1.29, 1.82) is 0 Å². The van der Waals surface area contributed by atoms with Gasteiger partial charge in [-0.25, -0.2) is 4.79 Å². The lowest BCUT2D eigenvalue weighted by molar-refractivity contribution is -0.147. The van der Waals surface area contributed by atoms with Crippen molar-refractivity contribution >= 4 is 29.5 Å². The summed E-state index contributed by atoms with van der Waals surface area (Å²) in [5.74, 6) is -1.79. The number of ether oxygens (including phenoxy) is 3. The molecule has 9 heteroatoms. The fraction of sp³-hybridized carbons (Fsp3) is 0.524. The van der Waals surface area contributed by atoms with Crippen LogP contribution in [-0.2, 0) is 28.6 Å². The van der Waals surface area contributed by atoms with E-state index in [4.69, 9.17) is 14.2 Å². The summed E-state index contributed by atoms with van der Waals surface area (Å²) in [5.41, 5.74) is 1.17. The van der Waals surface area contributed by atoms with Crippen molar-refractivity contribution in [2.45, 2.75) is 46.1 Å². The molecule has 1 amide bonds. The van der Waals surface area contributed by atoms with E-state index < -0.39 is 23.9 Å². The van der Waals surface area contributed by atoms with E-state index in [2.05, 4.69) is 10.6 Å². The van der Waals surface area contributed by atoms with Gasteiger partial charge in [-0.2, -0.15) is 0 Å². The summed E-state index contributed by atoms with van der Waals surface area (Å²) in [6, 6.07) is 5.77. The molecule has 0 unspecified atom stereocenters. The second-order valence-electron chi connectivity index (χ2n) is 6.32. The smallest absolute Gasteiger partial charge is 0.328 e. The molecule has 0 aliphatic heterocycles. The predicted octanol–water partition coefficient (Wildman–Crippen LogP) is 2.06. The molecular weight excluding hydrogens is 392 g/mol. The van der Waals surface area contributed by atoms with Gasteiger partial charge in [0, 0.05) is 31.1 Å². The van der Waals surface area contributed by atoms with Crippen LogP contribution in [0.25, 0.3) is 0 Å². The minimum Gasteiger partial charge on any atom is -0.466 e. The second-order valence-corrected chi connectivity index (χ2v) is 6.32. The van der Waals surface area contributed by atoms with Gasteiger partial charge in [-0.15, -0.1) is 0 Å². The molecule has 0 radical (unpaired) electrons. The lowest BCUT2D eigenvalue weighted by atomic mass is 10.1. The highest BCUT2D eigenvalue weighted by molar-refractivity contribution is 5.97. The highest BCUT2D eigenvalue weighted by Crippen LogP contribution is 2.11. The van der Waals surface area contributed by atoms with Gasteiger partial charge >= 0.3 is 17.9 Å². The van der Waals surface area contributed by atoms with Crippen LogP contribution in [0.2, 0.25) is 0 Å². The molecule has 9 nitrogen and oxygen atoms in total. The van der Waals surface area contributed by atoms with Gasteiger partial charge in [0.1, 0.15) is 6.04 Å². The fourth-order valence-corrected chi connectivity index (χ4v) is 2.49. The van der Waals surface area contributed by atoms with Gasteiger partial charge in [0.2, 0.25) is 0 Å². The monoisotopic (exact) mass is 422 g/mol. The predicted molar refractivity (Wildman–Crippen MR) is 110 cm³/mol. The van der Waals surface area contributed by atoms with Gasteiger partial charge in [0.15, 0.2) is 0 Å². The summed E-state index contributed by atoms with van der Waals surface area (Å²) in [6.45, 7) is 6.09. The molecule has 0 heterocycles. The van der Waals surface area contributed by atoms with E-state index >= 15 is 0 Å². The van der Waals surface area contributed by atoms with Crippen LogP contribution >= 0.6 is 0 Å². The Hall–Kier alpha value is -3.10. The third-order valence-electron chi connectivity index (χ3n) is 3.92. The van der Waals surface area contributed by atoms with Crippen LogP contribution < -0.4 is 10.6 Å². The van der Waals surface area contributed by atoms with Gasteiger partial charge in [0.25, 0.3) is 5.91 Å². The fourth-order valence-electron chi connectivity index (χ4n) is 2.49. The van der Waals surface area contributed by atoms with E-state index in [0.29, 0.717) is 25.1 Å². The number of hydrogen-bond acceptors (Lipinski definition) is 8. The number of carbonyl (C=O) groups excluding carboxylic acids is 4. The Bertz CT molecular complexity index is 704. The third-order valence-corrected chi connectivity index (χ3v) is 3.92. The summed E-state index contributed by atoms with van der Waals surface area (Å²) >= 11 is 0. The number of carbonyl (C=O) groups is 4. The summed E-state index contributed by atoms with van der Waals surface area (Å²) in [4.78, 5) is 46.9. The molecule has 1 rings (SSSR count). The standard InChI is InChI=1S/C21H30N2O7/c1-4-28-19(25)12-11-18(21(27)29-5-2)23-20(26)16-7-9-17(10-8-16)22-13-6-14-30-15(3)24/h7-10,18,22H,4-6,11-14H2,1-3H3,(H,23,26)/t18-/m0/s1. The average Bonchev–Trinajstić information content (AvgIpc) is 2.71. The molecule has 166 valence electrons. The molecule has 0 bridgehead atoms. The zero-order valence-corrected chi connectivity index (χ0v) is 17.7. The molecule has 30 heavy (non-hydrogen) atoms. The van der Waals surface area contributed by atoms with E-state index in [0.717, 1.165) is 5.69 Å². The van der Waals surface area contributed by atoms with Crippen molar-refractivity contribution in [1.82, 2.24) is 5.32 Å². The number of amides is 1. The zero-order valence-electron chi connectivity index (χ0n) is 17.7. The number of rotatable bonds is 13. The number of nitrogens with one attached hydrogen (secondary N) is 2. The summed E-state index contributed by atoms with van der Waals surface area (Å²) in [7, 11) is 0. The van der Waals surface area contributed by atoms with Crippen molar-refractivity contribution < 1.29 is 33.4 Å². The third kappa shape index (κ3) is 9.90. The first-order valence-corrected chi connectivity index (χ1v) is 9.97. The first-order valence-electron chi connectivity index (χ1n) is 9.97. The number of hydrogen-bond donors (Lipinski definition) is 2. The Balaban J connectivity index is 2.59. The Morgan fingerprint density at radius 1 is 0.967 bits per heavy atom. The molecule has 0 aliphatic carbocycles. The molecular formula is C21H30N2O7. The van der Waals surface area contributed by atoms with Crippen LogP contribution in [0, 0.1) is 0 Å². The molecule has 1 atom stereocenters. The van der Waals surface area contributed by atoms with E-state index in [-0.39, 0.29) is 32.0 Å². The van der Waals surface area contributed by atoms with Crippen LogP contribution in [0.3, 0.4) is 0 Å². The van der Waals surface area contributed by atoms with Gasteiger partial charge in [0.05, 0.1) is 19.8 Å². The van der Waals surface area contributed by atoms with Crippen molar-refractivity contribution in [2.75, 3.05) is 31.7 Å². The lowest BCUT2D eigenvalue weighted by Gasteiger charge is -2.17. The Morgan fingerprint density at radius 3 is 2.23 bits per heavy atom. The van der Waals surface area contributed by atoms with E-state index in [1.807, 2.05) is 0 Å². The van der Waals surface area contributed by atoms with Crippen molar-refractivity contribution in [3.8, 4) is 0 Å². The molecule has 0 spiro atoms. The van der Waals surface area contributed by atoms with E-state index in [9.17, 15) is 19.2 Å². The van der Waals surface area contributed by atoms with Gasteiger partial charge in [-0.1, -0.05) is 0 Å². The van der Waals surface area contributed by atoms with E-state index in [1.165, 1.54) is 6.92 Å². The molecule has 0 aliphatic rings. The maximum atomic E-state index is 12.5. The van der Waals surface area contributed by atoms with Crippen LogP contribution in [0.1, 0.15) is 50.4 Å². The number of benzene rings is 1. The highest BCUT2D eigenvalue weighted by atomic mass is 16.5. The van der Waals surface area contributed by atoms with Gasteiger partial charge in [-0.3, -0.25) is 14.4 Å². The second kappa shape index (κ2) is 14.0. The SMILES string of the molecule is CCOC(=O)CC[C@H](NC(=O)c1ccc(NCCCOC(C)=O)cc1)C(=O)OCC. The normalized spacial score (nSPS) is 11.2. The highest BCUT2D eigenvalue weighted by Gasteiger charge is 2.24. The van der Waals surface area contributed by atoms with Crippen LogP contribution in [0.4, 0.5) is 5.69 Å². The molecule has 0 saturated carbocycles. The minimum absolute atomic E-state index is 0.00615. The molecule has 0 saturated heterocycles. The average molecular weight is 422 g/mol. The zero-order chi connectivity index (χ0) is 22.4. The Labute approximate surface area is 176 Å². The van der Waals surface area contributed by atoms with Crippen LogP contribution in [0.15, 0.2) is 24.3 Å². The van der Waals surface area contributed by atoms with Crippen LogP contribution in [0.5, 0.6) is 0 Å². The summed E-state index contributed by atoms with van der Waals surface area (Å²) in [5, 5.41) is 5.77. The summed E-state index contributed by atoms with van der Waals surface area (Å²) in [6.07, 6.45) is 0.739. The topological polar surface area (TPSA) is 120 Å². The number of esters is 3. The molecule has 1 aromatic carbocycles. The molecule has 1 aromatic rings.